The second-order valence-electron chi connectivity index (χ2n) is 11.7. The highest BCUT2D eigenvalue weighted by Crippen LogP contribution is 2.35. The molecule has 0 spiro atoms. The van der Waals surface area contributed by atoms with Crippen molar-refractivity contribution < 1.29 is 31.6 Å². The van der Waals surface area contributed by atoms with Crippen LogP contribution in [0.5, 0.6) is 0 Å². The molecule has 0 radical (unpaired) electrons. The lowest BCUT2D eigenvalue weighted by atomic mass is 9.92. The number of hydrogen-bond donors (Lipinski definition) is 4. The summed E-state index contributed by atoms with van der Waals surface area (Å²) in [5, 5.41) is 9.07. The van der Waals surface area contributed by atoms with Gasteiger partial charge in [-0.25, -0.2) is 0 Å². The molecular formula is C35H41ClN5O4-. The number of rotatable bonds is 10. The quantitative estimate of drug-likeness (QED) is 0.256. The predicted molar refractivity (Wildman–Crippen MR) is 168 cm³/mol. The van der Waals surface area contributed by atoms with Gasteiger partial charge in [-0.2, -0.15) is 0 Å². The Labute approximate surface area is 270 Å². The molecule has 9 nitrogen and oxygen atoms in total. The number of hydrogen-bond acceptors (Lipinski definition) is 5. The molecule has 3 aromatic rings. The van der Waals surface area contributed by atoms with Gasteiger partial charge in [-0.15, -0.1) is 0 Å². The Morgan fingerprint density at radius 3 is 1.98 bits per heavy atom. The molecule has 10 heteroatoms. The number of fused-ring (bicyclic) bond motifs is 1. The molecule has 0 saturated carbocycles. The summed E-state index contributed by atoms with van der Waals surface area (Å²) in [6.45, 7) is 2.01. The fourth-order valence-corrected chi connectivity index (χ4v) is 6.34. The summed E-state index contributed by atoms with van der Waals surface area (Å²) in [6.07, 6.45) is 2.89. The molecule has 4 amide bonds. The number of nitrogens with zero attached hydrogens (tertiary/aromatic N) is 1. The van der Waals surface area contributed by atoms with Crippen LogP contribution in [-0.4, -0.2) is 59.2 Å². The smallest absolute Gasteiger partial charge is 0.251 e. The van der Waals surface area contributed by atoms with Crippen molar-refractivity contribution in [1.82, 2.24) is 20.9 Å². The maximum absolute atomic E-state index is 14.3. The van der Waals surface area contributed by atoms with E-state index < -0.39 is 24.0 Å². The Hall–Kier alpha value is -4.21. The molecule has 0 aliphatic carbocycles. The highest BCUT2D eigenvalue weighted by molar-refractivity contribution is 5.95. The molecule has 2 aliphatic rings. The Morgan fingerprint density at radius 2 is 1.40 bits per heavy atom. The minimum absolute atomic E-state index is 0. The van der Waals surface area contributed by atoms with Gasteiger partial charge in [-0.3, -0.25) is 19.2 Å². The van der Waals surface area contributed by atoms with Crippen molar-refractivity contribution in [3.05, 3.63) is 108 Å². The number of amides is 4. The van der Waals surface area contributed by atoms with E-state index in [4.69, 9.17) is 5.73 Å². The van der Waals surface area contributed by atoms with Crippen LogP contribution in [0.2, 0.25) is 0 Å². The van der Waals surface area contributed by atoms with Gasteiger partial charge < -0.3 is 39.0 Å². The molecule has 0 bridgehead atoms. The molecule has 45 heavy (non-hydrogen) atoms. The molecule has 5 atom stereocenters. The average molecular weight is 631 g/mol. The highest BCUT2D eigenvalue weighted by Gasteiger charge is 2.48. The number of nitrogens with two attached hydrogens (primary N) is 1. The van der Waals surface area contributed by atoms with Crippen molar-refractivity contribution in [3.8, 4) is 0 Å². The van der Waals surface area contributed by atoms with E-state index in [1.54, 1.807) is 29.2 Å². The van der Waals surface area contributed by atoms with Gasteiger partial charge in [0, 0.05) is 24.1 Å². The van der Waals surface area contributed by atoms with Crippen LogP contribution in [0, 0.1) is 5.92 Å². The Morgan fingerprint density at radius 1 is 0.844 bits per heavy atom. The summed E-state index contributed by atoms with van der Waals surface area (Å²) in [7, 11) is 0. The molecule has 5 N–H and O–H groups in total. The van der Waals surface area contributed by atoms with Crippen molar-refractivity contribution in [2.45, 2.75) is 69.2 Å². The first kappa shape index (κ1) is 33.7. The highest BCUT2D eigenvalue weighted by atomic mass is 35.5. The van der Waals surface area contributed by atoms with E-state index in [0.29, 0.717) is 37.7 Å². The third-order valence-electron chi connectivity index (χ3n) is 8.86. The lowest BCUT2D eigenvalue weighted by Gasteiger charge is -2.33. The Balaban J connectivity index is 0.00000461. The van der Waals surface area contributed by atoms with Crippen LogP contribution in [0.3, 0.4) is 0 Å². The van der Waals surface area contributed by atoms with E-state index in [1.165, 1.54) is 0 Å². The number of halogens is 1. The lowest BCUT2D eigenvalue weighted by molar-refractivity contribution is -0.143. The summed E-state index contributed by atoms with van der Waals surface area (Å²) in [5.74, 6) is -1.57. The van der Waals surface area contributed by atoms with Crippen LogP contribution < -0.4 is 34.1 Å². The van der Waals surface area contributed by atoms with Gasteiger partial charge in [-0.05, 0) is 55.4 Å². The van der Waals surface area contributed by atoms with Crippen LogP contribution in [0.4, 0.5) is 0 Å². The number of nitrogens with one attached hydrogen (secondary N) is 3. The maximum atomic E-state index is 14.3. The molecular weight excluding hydrogens is 590 g/mol. The fraction of sp³-hybridized carbons (Fsp3) is 0.371. The maximum Gasteiger partial charge on any atom is 0.251 e. The van der Waals surface area contributed by atoms with Crippen LogP contribution in [0.25, 0.3) is 0 Å². The Bertz CT molecular complexity index is 1400. The summed E-state index contributed by atoms with van der Waals surface area (Å²) < 4.78 is 0. The summed E-state index contributed by atoms with van der Waals surface area (Å²) in [6, 6.07) is 25.5. The number of carbonyl (C=O) groups is 4. The topological polar surface area (TPSA) is 134 Å². The van der Waals surface area contributed by atoms with Crippen LogP contribution in [-0.2, 0) is 14.4 Å². The molecule has 2 aliphatic heterocycles. The molecule has 0 unspecified atom stereocenters. The van der Waals surface area contributed by atoms with Gasteiger partial charge >= 0.3 is 0 Å². The molecule has 2 heterocycles. The second kappa shape index (κ2) is 15.7. The lowest BCUT2D eigenvalue weighted by Crippen LogP contribution is -3.00. The summed E-state index contributed by atoms with van der Waals surface area (Å²) in [4.78, 5) is 55.8. The van der Waals surface area contributed by atoms with E-state index in [-0.39, 0.29) is 54.7 Å². The normalized spacial score (nSPS) is 21.6. The first-order valence-corrected chi connectivity index (χ1v) is 15.5. The first-order chi connectivity index (χ1) is 21.4. The average Bonchev–Trinajstić information content (AvgIpc) is 3.45. The summed E-state index contributed by atoms with van der Waals surface area (Å²) >= 11 is 0. The first-order valence-electron chi connectivity index (χ1n) is 15.5. The third kappa shape index (κ3) is 7.90. The zero-order chi connectivity index (χ0) is 31.1. The van der Waals surface area contributed by atoms with Crippen LogP contribution in [0.1, 0.15) is 66.6 Å². The molecule has 3 aromatic carbocycles. The van der Waals surface area contributed by atoms with Gasteiger partial charge in [0.15, 0.2) is 0 Å². The van der Waals surface area contributed by atoms with Gasteiger partial charge in [0.05, 0.1) is 12.1 Å². The van der Waals surface area contributed by atoms with Crippen molar-refractivity contribution in [3.63, 3.8) is 0 Å². The van der Waals surface area contributed by atoms with Crippen LogP contribution in [0.15, 0.2) is 91.0 Å². The molecule has 0 aromatic heterocycles. The standard InChI is InChI=1S/C35H41N5O4.ClH/c1-2-28(36)33(42)39-31-26(22-37-32(41)25-16-10-5-11-17-25)18-19-27-20-21-29(40(27)35(31)44)34(43)38-30(23-12-6-3-7-13-23)24-14-8-4-9-15-24;/h3-17,26-31H,2,18-22,36H2,1H3,(H,37,41)(H,38,43)(H,39,42);1H/p-1/t26-,27+,28+,29+,31+;/m1./s1. The van der Waals surface area contributed by atoms with Crippen LogP contribution >= 0.6 is 0 Å². The number of benzene rings is 3. The van der Waals surface area contributed by atoms with Gasteiger partial charge in [0.2, 0.25) is 17.7 Å². The van der Waals surface area contributed by atoms with E-state index >= 15 is 0 Å². The van der Waals surface area contributed by atoms with Gasteiger partial charge in [0.25, 0.3) is 5.91 Å². The van der Waals surface area contributed by atoms with E-state index in [9.17, 15) is 19.2 Å². The largest absolute Gasteiger partial charge is 1.00 e. The van der Waals surface area contributed by atoms with Crippen molar-refractivity contribution in [2.24, 2.45) is 11.7 Å². The van der Waals surface area contributed by atoms with E-state index in [0.717, 1.165) is 11.1 Å². The zero-order valence-electron chi connectivity index (χ0n) is 25.4. The SMILES string of the molecule is CC[C@H](N)C(=O)N[C@@H]1C(=O)N2[C@@H](CC[C@@H]1CNC(=O)c1ccccc1)CC[C@H]2C(=O)NC(c1ccccc1)c1ccccc1.[Cl-]. The molecule has 238 valence electrons. The van der Waals surface area contributed by atoms with Gasteiger partial charge in [-0.1, -0.05) is 85.8 Å². The summed E-state index contributed by atoms with van der Waals surface area (Å²) in [5.41, 5.74) is 8.44. The Kier molecular flexibility index (Phi) is 11.7. The fourth-order valence-electron chi connectivity index (χ4n) is 6.34. The minimum atomic E-state index is -0.923. The monoisotopic (exact) mass is 630 g/mol. The zero-order valence-corrected chi connectivity index (χ0v) is 26.2. The van der Waals surface area contributed by atoms with E-state index in [1.807, 2.05) is 73.7 Å². The van der Waals surface area contributed by atoms with E-state index in [2.05, 4.69) is 16.0 Å². The van der Waals surface area contributed by atoms with Gasteiger partial charge in [0.1, 0.15) is 12.1 Å². The van der Waals surface area contributed by atoms with Crippen molar-refractivity contribution >= 4 is 23.6 Å². The third-order valence-corrected chi connectivity index (χ3v) is 8.86. The predicted octanol–water partition coefficient (Wildman–Crippen LogP) is 0.318. The van der Waals surface area contributed by atoms with Crippen molar-refractivity contribution in [1.29, 1.82) is 0 Å². The molecule has 2 saturated heterocycles. The molecule has 5 rings (SSSR count). The second-order valence-corrected chi connectivity index (χ2v) is 11.7. The van der Waals surface area contributed by atoms with Crippen molar-refractivity contribution in [2.75, 3.05) is 6.54 Å². The molecule has 2 fully saturated rings. The minimum Gasteiger partial charge on any atom is -1.00 e. The number of carbonyl (C=O) groups excluding carboxylic acids is 4.